The van der Waals surface area contributed by atoms with Gasteiger partial charge in [-0.1, -0.05) is 5.21 Å². The van der Waals surface area contributed by atoms with Crippen molar-refractivity contribution in [1.29, 1.82) is 0 Å². The first kappa shape index (κ1) is 14.4. The number of piperidine rings is 1. The van der Waals surface area contributed by atoms with E-state index in [2.05, 4.69) is 25.2 Å². The van der Waals surface area contributed by atoms with Gasteiger partial charge in [-0.05, 0) is 18.9 Å². The number of aromatic nitrogens is 5. The molecule has 0 spiro atoms. The Labute approximate surface area is 127 Å². The molecule has 0 bridgehead atoms. The highest BCUT2D eigenvalue weighted by Gasteiger charge is 2.23. The van der Waals surface area contributed by atoms with Gasteiger partial charge in [0.2, 0.25) is 5.95 Å². The summed E-state index contributed by atoms with van der Waals surface area (Å²) in [7, 11) is 0. The van der Waals surface area contributed by atoms with Gasteiger partial charge in [0.15, 0.2) is 0 Å². The van der Waals surface area contributed by atoms with E-state index >= 15 is 0 Å². The van der Waals surface area contributed by atoms with E-state index in [9.17, 15) is 4.79 Å². The van der Waals surface area contributed by atoms with Crippen LogP contribution in [0.25, 0.3) is 0 Å². The van der Waals surface area contributed by atoms with Crippen molar-refractivity contribution in [3.8, 4) is 0 Å². The smallest absolute Gasteiger partial charge is 0.303 e. The highest BCUT2D eigenvalue weighted by Crippen LogP contribution is 2.23. The molecule has 8 heteroatoms. The normalized spacial score (nSPS) is 15.9. The summed E-state index contributed by atoms with van der Waals surface area (Å²) in [4.78, 5) is 21.3. The van der Waals surface area contributed by atoms with Gasteiger partial charge < -0.3 is 10.0 Å². The first-order valence-electron chi connectivity index (χ1n) is 7.37. The van der Waals surface area contributed by atoms with Crippen molar-refractivity contribution in [2.75, 3.05) is 18.0 Å². The lowest BCUT2D eigenvalue weighted by atomic mass is 10.1. The highest BCUT2D eigenvalue weighted by molar-refractivity contribution is 5.66. The summed E-state index contributed by atoms with van der Waals surface area (Å²) in [5.41, 5.74) is 0.733. The maximum Gasteiger partial charge on any atom is 0.303 e. The van der Waals surface area contributed by atoms with Crippen LogP contribution in [0, 0.1) is 0 Å². The van der Waals surface area contributed by atoms with Crippen molar-refractivity contribution in [1.82, 2.24) is 25.0 Å². The van der Waals surface area contributed by atoms with Crippen LogP contribution in [0.3, 0.4) is 0 Å². The number of rotatable bonds is 5. The van der Waals surface area contributed by atoms with Gasteiger partial charge in [0.25, 0.3) is 0 Å². The molecule has 1 aliphatic heterocycles. The van der Waals surface area contributed by atoms with E-state index in [1.165, 1.54) is 0 Å². The molecule has 0 amide bonds. The van der Waals surface area contributed by atoms with Crippen LogP contribution in [0.1, 0.15) is 31.0 Å². The summed E-state index contributed by atoms with van der Waals surface area (Å²) < 4.78 is 1.86. The van der Waals surface area contributed by atoms with Gasteiger partial charge in [0.1, 0.15) is 0 Å². The van der Waals surface area contributed by atoms with Crippen LogP contribution >= 0.6 is 0 Å². The SMILES string of the molecule is O=C(O)CCc1cn(C2CCN(c3ncccn3)CC2)nn1. The Bertz CT molecular complexity index is 621. The Hall–Kier alpha value is -2.51. The maximum absolute atomic E-state index is 10.6. The molecule has 2 aromatic heterocycles. The first-order chi connectivity index (χ1) is 10.7. The molecule has 1 fully saturated rings. The number of hydrogen-bond acceptors (Lipinski definition) is 6. The molecule has 0 atom stereocenters. The number of carboxylic acid groups (broad SMARTS) is 1. The summed E-state index contributed by atoms with van der Waals surface area (Å²) in [6.07, 6.45) is 7.76. The molecule has 1 saturated heterocycles. The average molecular weight is 302 g/mol. The fraction of sp³-hybridized carbons (Fsp3) is 0.500. The molecule has 22 heavy (non-hydrogen) atoms. The average Bonchev–Trinajstić information content (AvgIpc) is 3.03. The molecule has 0 aromatic carbocycles. The maximum atomic E-state index is 10.6. The number of hydrogen-bond donors (Lipinski definition) is 1. The van der Waals surface area contributed by atoms with Gasteiger partial charge in [-0.2, -0.15) is 0 Å². The van der Waals surface area contributed by atoms with Crippen LogP contribution in [-0.2, 0) is 11.2 Å². The molecule has 8 nitrogen and oxygen atoms in total. The van der Waals surface area contributed by atoms with Crippen molar-refractivity contribution in [3.05, 3.63) is 30.4 Å². The van der Waals surface area contributed by atoms with Gasteiger partial charge >= 0.3 is 5.97 Å². The van der Waals surface area contributed by atoms with Crippen molar-refractivity contribution in [3.63, 3.8) is 0 Å². The van der Waals surface area contributed by atoms with Gasteiger partial charge in [-0.3, -0.25) is 4.79 Å². The third-order valence-electron chi connectivity index (χ3n) is 3.83. The molecule has 3 heterocycles. The Morgan fingerprint density at radius 1 is 1.27 bits per heavy atom. The first-order valence-corrected chi connectivity index (χ1v) is 7.37. The summed E-state index contributed by atoms with van der Waals surface area (Å²) in [5.74, 6) is -0.0487. The predicted octanol–water partition coefficient (Wildman–Crippen LogP) is 0.927. The second kappa shape index (κ2) is 6.50. The van der Waals surface area contributed by atoms with Crippen LogP contribution in [0.5, 0.6) is 0 Å². The lowest BCUT2D eigenvalue weighted by Gasteiger charge is -2.31. The fourth-order valence-electron chi connectivity index (χ4n) is 2.63. The summed E-state index contributed by atoms with van der Waals surface area (Å²) >= 11 is 0. The number of nitrogens with zero attached hydrogens (tertiary/aromatic N) is 6. The van der Waals surface area contributed by atoms with Gasteiger partial charge in [-0.25, -0.2) is 14.6 Å². The number of carboxylic acids is 1. The number of aryl methyl sites for hydroxylation is 1. The monoisotopic (exact) mass is 302 g/mol. The van der Waals surface area contributed by atoms with E-state index in [1.54, 1.807) is 12.4 Å². The largest absolute Gasteiger partial charge is 0.481 e. The topological polar surface area (TPSA) is 97.0 Å². The van der Waals surface area contributed by atoms with Crippen LogP contribution in [0.4, 0.5) is 5.95 Å². The summed E-state index contributed by atoms with van der Waals surface area (Å²) in [6, 6.07) is 2.11. The zero-order valence-electron chi connectivity index (χ0n) is 12.2. The predicted molar refractivity (Wildman–Crippen MR) is 78.5 cm³/mol. The molecule has 0 radical (unpaired) electrons. The second-order valence-corrected chi connectivity index (χ2v) is 5.35. The lowest BCUT2D eigenvalue weighted by molar-refractivity contribution is -0.136. The van der Waals surface area contributed by atoms with Crippen LogP contribution in [0.2, 0.25) is 0 Å². The third-order valence-corrected chi connectivity index (χ3v) is 3.83. The highest BCUT2D eigenvalue weighted by atomic mass is 16.4. The van der Waals surface area contributed by atoms with E-state index in [0.29, 0.717) is 12.5 Å². The van der Waals surface area contributed by atoms with Gasteiger partial charge in [-0.15, -0.1) is 5.10 Å². The summed E-state index contributed by atoms with van der Waals surface area (Å²) in [5, 5.41) is 16.9. The minimum absolute atomic E-state index is 0.0858. The third kappa shape index (κ3) is 3.38. The van der Waals surface area contributed by atoms with Crippen molar-refractivity contribution in [2.24, 2.45) is 0 Å². The molecule has 0 aliphatic carbocycles. The summed E-state index contributed by atoms with van der Waals surface area (Å²) in [6.45, 7) is 1.75. The van der Waals surface area contributed by atoms with Crippen molar-refractivity contribution < 1.29 is 9.90 Å². The Morgan fingerprint density at radius 3 is 2.68 bits per heavy atom. The molecule has 0 saturated carbocycles. The van der Waals surface area contributed by atoms with Crippen molar-refractivity contribution >= 4 is 11.9 Å². The Balaban J connectivity index is 1.56. The van der Waals surface area contributed by atoms with Crippen LogP contribution < -0.4 is 4.90 Å². The molecule has 1 aliphatic rings. The zero-order valence-corrected chi connectivity index (χ0v) is 12.2. The molecule has 3 rings (SSSR count). The molecule has 0 unspecified atom stereocenters. The molecule has 1 N–H and O–H groups in total. The molecular weight excluding hydrogens is 284 g/mol. The van der Waals surface area contributed by atoms with E-state index in [0.717, 1.165) is 37.6 Å². The van der Waals surface area contributed by atoms with Gasteiger partial charge in [0, 0.05) is 38.1 Å². The minimum Gasteiger partial charge on any atom is -0.481 e. The van der Waals surface area contributed by atoms with Crippen molar-refractivity contribution in [2.45, 2.75) is 31.7 Å². The molecule has 2 aromatic rings. The van der Waals surface area contributed by atoms with Crippen LogP contribution in [-0.4, -0.2) is 49.1 Å². The minimum atomic E-state index is -0.814. The standard InChI is InChI=1S/C14H18N6O2/c21-13(22)3-2-11-10-20(18-17-11)12-4-8-19(9-5-12)14-15-6-1-7-16-14/h1,6-7,10,12H,2-5,8-9H2,(H,21,22). The Kier molecular flexibility index (Phi) is 4.27. The lowest BCUT2D eigenvalue weighted by Crippen LogP contribution is -2.35. The number of anilines is 1. The molecular formula is C14H18N6O2. The zero-order chi connectivity index (χ0) is 15.4. The number of carbonyl (C=O) groups is 1. The van der Waals surface area contributed by atoms with E-state index in [4.69, 9.17) is 5.11 Å². The van der Waals surface area contributed by atoms with Crippen LogP contribution in [0.15, 0.2) is 24.7 Å². The quantitative estimate of drug-likeness (QED) is 0.877. The van der Waals surface area contributed by atoms with Gasteiger partial charge in [0.05, 0.1) is 18.2 Å². The fourth-order valence-corrected chi connectivity index (χ4v) is 2.63. The number of aliphatic carboxylic acids is 1. The second-order valence-electron chi connectivity index (χ2n) is 5.35. The van der Waals surface area contributed by atoms with E-state index in [-0.39, 0.29) is 6.42 Å². The Morgan fingerprint density at radius 2 is 2.00 bits per heavy atom. The van der Waals surface area contributed by atoms with E-state index in [1.807, 2.05) is 16.9 Å². The molecule has 116 valence electrons. The van der Waals surface area contributed by atoms with E-state index < -0.39 is 5.97 Å².